The Morgan fingerprint density at radius 2 is 2.11 bits per heavy atom. The third kappa shape index (κ3) is 4.46. The lowest BCUT2D eigenvalue weighted by Crippen LogP contribution is -2.47. The maximum atomic E-state index is 13.3. The van der Waals surface area contributed by atoms with Crippen LogP contribution in [0.15, 0.2) is 47.5 Å². The Hall–Kier alpha value is -3.42. The predicted molar refractivity (Wildman–Crippen MR) is 101 cm³/mol. The number of nitrogens with zero attached hydrogens (tertiary/aromatic N) is 1. The van der Waals surface area contributed by atoms with Crippen LogP contribution in [-0.4, -0.2) is 31.5 Å². The van der Waals surface area contributed by atoms with Gasteiger partial charge in [-0.2, -0.15) is 0 Å². The van der Waals surface area contributed by atoms with Crippen LogP contribution in [0.3, 0.4) is 0 Å². The normalized spacial score (nSPS) is 16.0. The minimum atomic E-state index is -0.566. The lowest BCUT2D eigenvalue weighted by Gasteiger charge is -2.22. The van der Waals surface area contributed by atoms with Gasteiger partial charge in [0.25, 0.3) is 5.91 Å². The van der Waals surface area contributed by atoms with Crippen molar-refractivity contribution in [2.45, 2.75) is 19.4 Å². The highest BCUT2D eigenvalue weighted by atomic mass is 19.1. The van der Waals surface area contributed by atoms with Crippen LogP contribution in [0.5, 0.6) is 11.5 Å². The highest BCUT2D eigenvalue weighted by Gasteiger charge is 2.25. The van der Waals surface area contributed by atoms with Gasteiger partial charge in [0.2, 0.25) is 11.9 Å². The zero-order valence-corrected chi connectivity index (χ0v) is 15.5. The maximum absolute atomic E-state index is 13.3. The molecule has 1 heterocycles. The molecule has 0 aromatic heterocycles. The smallest absolute Gasteiger partial charge is 0.258 e. The van der Waals surface area contributed by atoms with Gasteiger partial charge >= 0.3 is 0 Å². The molecule has 1 atom stereocenters. The molecule has 0 spiro atoms. The van der Waals surface area contributed by atoms with E-state index >= 15 is 0 Å². The molecular formula is C20H20FN3O4. The Kier molecular flexibility index (Phi) is 5.88. The number of ether oxygens (including phenoxy) is 2. The topological polar surface area (TPSA) is 89.0 Å². The number of amides is 2. The van der Waals surface area contributed by atoms with Crippen molar-refractivity contribution in [3.63, 3.8) is 0 Å². The summed E-state index contributed by atoms with van der Waals surface area (Å²) in [6, 6.07) is 10.1. The molecule has 0 bridgehead atoms. The van der Waals surface area contributed by atoms with E-state index in [0.29, 0.717) is 18.1 Å². The first-order valence-electron chi connectivity index (χ1n) is 8.75. The first-order valence-corrected chi connectivity index (χ1v) is 8.75. The molecule has 8 heteroatoms. The van der Waals surface area contributed by atoms with E-state index in [4.69, 9.17) is 9.47 Å². The molecule has 1 aliphatic heterocycles. The molecule has 2 aromatic rings. The molecule has 0 aliphatic carbocycles. The number of carbonyl (C=O) groups excluding carboxylic acids is 2. The molecule has 0 radical (unpaired) electrons. The molecule has 0 fully saturated rings. The Morgan fingerprint density at radius 1 is 1.29 bits per heavy atom. The summed E-state index contributed by atoms with van der Waals surface area (Å²) in [5.41, 5.74) is 0.870. The summed E-state index contributed by atoms with van der Waals surface area (Å²) >= 11 is 0. The van der Waals surface area contributed by atoms with Crippen molar-refractivity contribution in [2.24, 2.45) is 4.99 Å². The summed E-state index contributed by atoms with van der Waals surface area (Å²) in [6.45, 7) is 2.37. The highest BCUT2D eigenvalue weighted by Crippen LogP contribution is 2.33. The van der Waals surface area contributed by atoms with Crippen LogP contribution in [0.2, 0.25) is 0 Å². The standard InChI is InChI=1S/C20H20FN3O4/c1-3-28-16-8-7-12(10-17(16)27-2)15-11-18(25)23-20(22-15)24-19(26)13-5-4-6-14(21)9-13/h4-10,15H,3,11H2,1-2H3,(H2,22,23,24,25,26)/t15-/m1/s1. The van der Waals surface area contributed by atoms with E-state index in [1.165, 1.54) is 25.3 Å². The maximum Gasteiger partial charge on any atom is 0.258 e. The molecule has 2 N–H and O–H groups in total. The van der Waals surface area contributed by atoms with Gasteiger partial charge in [-0.25, -0.2) is 9.38 Å². The van der Waals surface area contributed by atoms with Gasteiger partial charge in [0, 0.05) is 5.56 Å². The van der Waals surface area contributed by atoms with Gasteiger partial charge < -0.3 is 9.47 Å². The number of guanidine groups is 1. The highest BCUT2D eigenvalue weighted by molar-refractivity contribution is 6.10. The van der Waals surface area contributed by atoms with Gasteiger partial charge in [-0.1, -0.05) is 12.1 Å². The van der Waals surface area contributed by atoms with E-state index in [1.807, 2.05) is 6.92 Å². The average Bonchev–Trinajstić information content (AvgIpc) is 2.68. The predicted octanol–water partition coefficient (Wildman–Crippen LogP) is 2.58. The molecule has 0 saturated heterocycles. The minimum absolute atomic E-state index is 0.0170. The van der Waals surface area contributed by atoms with Gasteiger partial charge in [-0.3, -0.25) is 20.2 Å². The fourth-order valence-corrected chi connectivity index (χ4v) is 2.82. The fourth-order valence-electron chi connectivity index (χ4n) is 2.82. The van der Waals surface area contributed by atoms with E-state index in [0.717, 1.165) is 11.6 Å². The summed E-state index contributed by atoms with van der Waals surface area (Å²) in [4.78, 5) is 28.8. The zero-order valence-electron chi connectivity index (χ0n) is 15.5. The fraction of sp³-hybridized carbons (Fsp3) is 0.250. The minimum Gasteiger partial charge on any atom is -0.493 e. The lowest BCUT2D eigenvalue weighted by molar-refractivity contribution is -0.120. The van der Waals surface area contributed by atoms with Crippen molar-refractivity contribution in [2.75, 3.05) is 13.7 Å². The SMILES string of the molecule is CCOc1ccc([C@H]2CC(=O)NC(NC(=O)c3cccc(F)c3)=N2)cc1OC. The van der Waals surface area contributed by atoms with E-state index in [9.17, 15) is 14.0 Å². The second-order valence-corrected chi connectivity index (χ2v) is 6.05. The Morgan fingerprint density at radius 3 is 2.82 bits per heavy atom. The quantitative estimate of drug-likeness (QED) is 0.828. The van der Waals surface area contributed by atoms with Crippen molar-refractivity contribution in [1.29, 1.82) is 0 Å². The van der Waals surface area contributed by atoms with Crippen LogP contribution in [0, 0.1) is 5.82 Å². The van der Waals surface area contributed by atoms with E-state index in [-0.39, 0.29) is 23.9 Å². The largest absolute Gasteiger partial charge is 0.493 e. The van der Waals surface area contributed by atoms with Crippen molar-refractivity contribution in [3.8, 4) is 11.5 Å². The number of aliphatic imine (C=N–C) groups is 1. The third-order valence-corrected chi connectivity index (χ3v) is 4.11. The number of methoxy groups -OCH3 is 1. The summed E-state index contributed by atoms with van der Waals surface area (Å²) in [5.74, 6) is -0.237. The molecule has 3 rings (SSSR count). The second kappa shape index (κ2) is 8.51. The summed E-state index contributed by atoms with van der Waals surface area (Å²) < 4.78 is 24.1. The van der Waals surface area contributed by atoms with Gasteiger partial charge in [0.1, 0.15) is 5.82 Å². The molecule has 0 saturated carbocycles. The zero-order chi connectivity index (χ0) is 20.1. The average molecular weight is 385 g/mol. The Labute approximate surface area is 161 Å². The molecular weight excluding hydrogens is 365 g/mol. The number of rotatable bonds is 5. The molecule has 2 aromatic carbocycles. The van der Waals surface area contributed by atoms with Gasteiger partial charge in [0.15, 0.2) is 11.5 Å². The Balaban J connectivity index is 1.82. The molecule has 0 unspecified atom stereocenters. The molecule has 28 heavy (non-hydrogen) atoms. The summed E-state index contributed by atoms with van der Waals surface area (Å²) in [6.07, 6.45) is 0.121. The van der Waals surface area contributed by atoms with Gasteiger partial charge in [0.05, 0.1) is 26.2 Å². The Bertz CT molecular complexity index is 929. The number of hydrogen-bond donors (Lipinski definition) is 2. The number of hydrogen-bond acceptors (Lipinski definition) is 5. The van der Waals surface area contributed by atoms with Crippen LogP contribution >= 0.6 is 0 Å². The molecule has 2 amide bonds. The number of halogens is 1. The van der Waals surface area contributed by atoms with Crippen molar-refractivity contribution in [3.05, 3.63) is 59.4 Å². The molecule has 7 nitrogen and oxygen atoms in total. The second-order valence-electron chi connectivity index (χ2n) is 6.05. The number of nitrogens with one attached hydrogen (secondary N) is 2. The first-order chi connectivity index (χ1) is 13.5. The third-order valence-electron chi connectivity index (χ3n) is 4.11. The monoisotopic (exact) mass is 385 g/mol. The van der Waals surface area contributed by atoms with E-state index in [1.54, 1.807) is 18.2 Å². The van der Waals surface area contributed by atoms with Crippen LogP contribution in [-0.2, 0) is 4.79 Å². The van der Waals surface area contributed by atoms with Crippen LogP contribution < -0.4 is 20.1 Å². The number of benzene rings is 2. The van der Waals surface area contributed by atoms with Crippen LogP contribution in [0.25, 0.3) is 0 Å². The van der Waals surface area contributed by atoms with E-state index < -0.39 is 17.8 Å². The lowest BCUT2D eigenvalue weighted by atomic mass is 10.0. The van der Waals surface area contributed by atoms with Gasteiger partial charge in [-0.05, 0) is 42.8 Å². The molecule has 146 valence electrons. The van der Waals surface area contributed by atoms with E-state index in [2.05, 4.69) is 15.6 Å². The first kappa shape index (κ1) is 19.3. The van der Waals surface area contributed by atoms with Crippen molar-refractivity contribution >= 4 is 17.8 Å². The van der Waals surface area contributed by atoms with Gasteiger partial charge in [-0.15, -0.1) is 0 Å². The summed E-state index contributed by atoms with van der Waals surface area (Å²) in [7, 11) is 1.53. The van der Waals surface area contributed by atoms with Crippen molar-refractivity contribution in [1.82, 2.24) is 10.6 Å². The number of carbonyl (C=O) groups is 2. The van der Waals surface area contributed by atoms with Crippen LogP contribution in [0.1, 0.15) is 35.3 Å². The summed E-state index contributed by atoms with van der Waals surface area (Å²) in [5, 5.41) is 5.03. The van der Waals surface area contributed by atoms with Crippen LogP contribution in [0.4, 0.5) is 4.39 Å². The molecule has 1 aliphatic rings. The van der Waals surface area contributed by atoms with Crippen molar-refractivity contribution < 1.29 is 23.5 Å².